The predicted molar refractivity (Wildman–Crippen MR) is 116 cm³/mol. The van der Waals surface area contributed by atoms with Crippen molar-refractivity contribution in [3.8, 4) is 11.5 Å². The van der Waals surface area contributed by atoms with Gasteiger partial charge in [0.25, 0.3) is 11.1 Å². The Balaban J connectivity index is 1.37. The number of nitrogens with one attached hydrogen (secondary N) is 2. The van der Waals surface area contributed by atoms with Crippen LogP contribution in [0.25, 0.3) is 22.4 Å². The molecule has 2 aromatic carbocycles. The number of thioether (sulfide) groups is 1. The minimum absolute atomic E-state index is 0.0822. The van der Waals surface area contributed by atoms with E-state index in [4.69, 9.17) is 4.42 Å². The van der Waals surface area contributed by atoms with Crippen LogP contribution in [0, 0.1) is 0 Å². The molecular formula is C22H22N4O2S. The van der Waals surface area contributed by atoms with Crippen LogP contribution in [-0.4, -0.2) is 26.8 Å². The summed E-state index contributed by atoms with van der Waals surface area (Å²) in [4.78, 5) is 15.4. The molecule has 0 fully saturated rings. The number of H-pyrrole nitrogens is 1. The van der Waals surface area contributed by atoms with Gasteiger partial charge < -0.3 is 14.7 Å². The minimum Gasteiger partial charge on any atom is -0.411 e. The number of carbonyl (C=O) groups is 1. The first-order chi connectivity index (χ1) is 13.9. The van der Waals surface area contributed by atoms with Crippen molar-refractivity contribution in [2.45, 2.75) is 31.4 Å². The molecular weight excluding hydrogens is 384 g/mol. The van der Waals surface area contributed by atoms with Gasteiger partial charge in [0.2, 0.25) is 5.91 Å². The summed E-state index contributed by atoms with van der Waals surface area (Å²) in [5, 5.41) is 12.4. The summed E-state index contributed by atoms with van der Waals surface area (Å²) in [5.74, 6) is 0.504. The second kappa shape index (κ2) is 7.75. The van der Waals surface area contributed by atoms with E-state index in [0.29, 0.717) is 11.1 Å². The van der Waals surface area contributed by atoms with Gasteiger partial charge in [-0.2, -0.15) is 0 Å². The van der Waals surface area contributed by atoms with Crippen LogP contribution in [0.2, 0.25) is 0 Å². The van der Waals surface area contributed by atoms with E-state index in [1.54, 1.807) is 0 Å². The zero-order valence-corrected chi connectivity index (χ0v) is 17.3. The average Bonchev–Trinajstić information content (AvgIpc) is 3.33. The molecule has 29 heavy (non-hydrogen) atoms. The Morgan fingerprint density at radius 2 is 1.86 bits per heavy atom. The van der Waals surface area contributed by atoms with Gasteiger partial charge in [0, 0.05) is 22.8 Å². The van der Waals surface area contributed by atoms with Gasteiger partial charge in [-0.1, -0.05) is 62.9 Å². The maximum absolute atomic E-state index is 12.3. The van der Waals surface area contributed by atoms with Crippen LogP contribution in [0.1, 0.15) is 26.3 Å². The molecule has 0 radical (unpaired) electrons. The number of anilines is 1. The summed E-state index contributed by atoms with van der Waals surface area (Å²) in [5.41, 5.74) is 3.93. The first-order valence-electron chi connectivity index (χ1n) is 9.33. The highest BCUT2D eigenvalue weighted by Gasteiger charge is 2.15. The fraction of sp³-hybridized carbons (Fsp3) is 0.227. The quantitative estimate of drug-likeness (QED) is 0.443. The van der Waals surface area contributed by atoms with Crippen LogP contribution >= 0.6 is 11.8 Å². The number of benzene rings is 2. The molecule has 148 valence electrons. The molecule has 0 atom stereocenters. The molecule has 0 aliphatic carbocycles. The van der Waals surface area contributed by atoms with Crippen molar-refractivity contribution in [1.82, 2.24) is 15.2 Å². The van der Waals surface area contributed by atoms with Crippen LogP contribution in [0.5, 0.6) is 0 Å². The maximum atomic E-state index is 12.3. The molecule has 0 unspecified atom stereocenters. The Hall–Kier alpha value is -3.06. The lowest BCUT2D eigenvalue weighted by molar-refractivity contribution is -0.113. The van der Waals surface area contributed by atoms with Crippen LogP contribution in [0.15, 0.2) is 64.4 Å². The van der Waals surface area contributed by atoms with Gasteiger partial charge in [0.15, 0.2) is 0 Å². The van der Waals surface area contributed by atoms with Gasteiger partial charge >= 0.3 is 0 Å². The Morgan fingerprint density at radius 3 is 2.62 bits per heavy atom. The summed E-state index contributed by atoms with van der Waals surface area (Å²) in [6.07, 6.45) is 1.85. The number of aromatic nitrogens is 3. The van der Waals surface area contributed by atoms with E-state index < -0.39 is 0 Å². The molecule has 0 bridgehead atoms. The van der Waals surface area contributed by atoms with Gasteiger partial charge in [0.1, 0.15) is 0 Å². The molecule has 2 aromatic heterocycles. The molecule has 0 aliphatic rings. The van der Waals surface area contributed by atoms with Crippen molar-refractivity contribution < 1.29 is 9.21 Å². The number of para-hydroxylation sites is 1. The SMILES string of the molecule is CC(C)(C)c1ccc(NC(=O)CSc2nnc(-c3c[nH]c4ccccc34)o2)cc1. The topological polar surface area (TPSA) is 83.8 Å². The Labute approximate surface area is 173 Å². The third kappa shape index (κ3) is 4.35. The standard InChI is InChI=1S/C22H22N4O2S/c1-22(2,3)14-8-10-15(11-9-14)24-19(27)13-29-21-26-25-20(28-21)17-12-23-18-7-5-4-6-16(17)18/h4-12,23H,13H2,1-3H3,(H,24,27). The number of aromatic amines is 1. The third-order valence-corrected chi connectivity index (χ3v) is 5.41. The smallest absolute Gasteiger partial charge is 0.277 e. The summed E-state index contributed by atoms with van der Waals surface area (Å²) < 4.78 is 5.73. The lowest BCUT2D eigenvalue weighted by Gasteiger charge is -2.19. The maximum Gasteiger partial charge on any atom is 0.277 e. The van der Waals surface area contributed by atoms with Gasteiger partial charge in [-0.15, -0.1) is 10.2 Å². The Morgan fingerprint density at radius 1 is 1.10 bits per heavy atom. The molecule has 1 amide bonds. The number of hydrogen-bond acceptors (Lipinski definition) is 5. The van der Waals surface area contributed by atoms with Crippen molar-refractivity contribution in [2.24, 2.45) is 0 Å². The van der Waals surface area contributed by atoms with E-state index in [9.17, 15) is 4.79 Å². The zero-order chi connectivity index (χ0) is 20.4. The van der Waals surface area contributed by atoms with Crippen molar-refractivity contribution in [2.75, 3.05) is 11.1 Å². The molecule has 0 saturated heterocycles. The molecule has 0 aliphatic heterocycles. The minimum atomic E-state index is -0.120. The van der Waals surface area contributed by atoms with Crippen LogP contribution < -0.4 is 5.32 Å². The molecule has 2 N–H and O–H groups in total. The highest BCUT2D eigenvalue weighted by atomic mass is 32.2. The molecule has 4 rings (SSSR count). The van der Waals surface area contributed by atoms with Crippen molar-refractivity contribution in [1.29, 1.82) is 0 Å². The van der Waals surface area contributed by atoms with Crippen LogP contribution in [-0.2, 0) is 10.2 Å². The van der Waals surface area contributed by atoms with E-state index in [0.717, 1.165) is 22.2 Å². The summed E-state index contributed by atoms with van der Waals surface area (Å²) in [6, 6.07) is 15.8. The fourth-order valence-electron chi connectivity index (χ4n) is 3.00. The predicted octanol–water partition coefficient (Wildman–Crippen LogP) is 5.25. The van der Waals surface area contributed by atoms with Crippen molar-refractivity contribution >= 4 is 34.3 Å². The first-order valence-corrected chi connectivity index (χ1v) is 10.3. The van der Waals surface area contributed by atoms with E-state index >= 15 is 0 Å². The highest BCUT2D eigenvalue weighted by Crippen LogP contribution is 2.29. The third-order valence-electron chi connectivity index (χ3n) is 4.59. The Kier molecular flexibility index (Phi) is 5.15. The molecule has 0 spiro atoms. The second-order valence-corrected chi connectivity index (χ2v) is 8.71. The number of carbonyl (C=O) groups excluding carboxylic acids is 1. The number of hydrogen-bond donors (Lipinski definition) is 2. The normalized spacial score (nSPS) is 11.7. The molecule has 7 heteroatoms. The van der Waals surface area contributed by atoms with E-state index in [1.165, 1.54) is 17.3 Å². The summed E-state index contributed by atoms with van der Waals surface area (Å²) >= 11 is 1.22. The van der Waals surface area contributed by atoms with E-state index in [1.807, 2.05) is 54.7 Å². The van der Waals surface area contributed by atoms with Gasteiger partial charge in [0.05, 0.1) is 11.3 Å². The van der Waals surface area contributed by atoms with Crippen molar-refractivity contribution in [3.05, 3.63) is 60.3 Å². The van der Waals surface area contributed by atoms with Crippen molar-refractivity contribution in [3.63, 3.8) is 0 Å². The van der Waals surface area contributed by atoms with E-state index in [-0.39, 0.29) is 17.1 Å². The fourth-order valence-corrected chi connectivity index (χ4v) is 3.57. The number of nitrogens with zero attached hydrogens (tertiary/aromatic N) is 2. The van der Waals surface area contributed by atoms with Gasteiger partial charge in [-0.05, 0) is 29.2 Å². The summed E-state index contributed by atoms with van der Waals surface area (Å²) in [7, 11) is 0. The monoisotopic (exact) mass is 406 g/mol. The molecule has 0 saturated carbocycles. The van der Waals surface area contributed by atoms with Gasteiger partial charge in [-0.3, -0.25) is 4.79 Å². The van der Waals surface area contributed by atoms with E-state index in [2.05, 4.69) is 41.3 Å². The largest absolute Gasteiger partial charge is 0.411 e. The second-order valence-electron chi connectivity index (χ2n) is 7.79. The number of amides is 1. The molecule has 4 aromatic rings. The summed E-state index contributed by atoms with van der Waals surface area (Å²) in [6.45, 7) is 6.48. The average molecular weight is 407 g/mol. The molecule has 2 heterocycles. The highest BCUT2D eigenvalue weighted by molar-refractivity contribution is 7.99. The Bertz CT molecular complexity index is 1140. The number of fused-ring (bicyclic) bond motifs is 1. The molecule has 6 nitrogen and oxygen atoms in total. The lowest BCUT2D eigenvalue weighted by Crippen LogP contribution is -2.15. The van der Waals surface area contributed by atoms with Crippen LogP contribution in [0.4, 0.5) is 5.69 Å². The zero-order valence-electron chi connectivity index (χ0n) is 16.5. The number of rotatable bonds is 5. The van der Waals surface area contributed by atoms with Crippen LogP contribution in [0.3, 0.4) is 0 Å². The van der Waals surface area contributed by atoms with Gasteiger partial charge in [-0.25, -0.2) is 0 Å². The first kappa shape index (κ1) is 19.3. The lowest BCUT2D eigenvalue weighted by atomic mass is 9.87.